The lowest BCUT2D eigenvalue weighted by Crippen LogP contribution is -2.42. The summed E-state index contributed by atoms with van der Waals surface area (Å²) in [6.07, 6.45) is 9.08. The fourth-order valence-corrected chi connectivity index (χ4v) is 1.89. The van der Waals surface area contributed by atoms with Crippen molar-refractivity contribution >= 4 is 0 Å². The summed E-state index contributed by atoms with van der Waals surface area (Å²) in [6, 6.07) is 0.345. The third-order valence-corrected chi connectivity index (χ3v) is 2.65. The highest BCUT2D eigenvalue weighted by Crippen LogP contribution is 2.36. The molecule has 2 heteroatoms. The first-order valence-corrected chi connectivity index (χ1v) is 5.61. The zero-order valence-corrected chi connectivity index (χ0v) is 9.25. The molecule has 0 aliphatic heterocycles. The lowest BCUT2D eigenvalue weighted by molar-refractivity contribution is 0.0208. The largest absolute Gasteiger partial charge is 0.377 e. The van der Waals surface area contributed by atoms with E-state index in [9.17, 15) is 0 Å². The Hall–Kier alpha value is -0.520. The van der Waals surface area contributed by atoms with Crippen molar-refractivity contribution in [2.75, 3.05) is 13.2 Å². The molecule has 0 amide bonds. The quantitative estimate of drug-likeness (QED) is 0.625. The van der Waals surface area contributed by atoms with Crippen LogP contribution in [-0.2, 0) is 4.74 Å². The fourth-order valence-electron chi connectivity index (χ4n) is 1.89. The molecule has 0 bridgehead atoms. The van der Waals surface area contributed by atoms with E-state index in [2.05, 4.69) is 18.2 Å². The number of hydrogen-bond acceptors (Lipinski definition) is 2. The van der Waals surface area contributed by atoms with Crippen LogP contribution in [0.25, 0.3) is 0 Å². The third-order valence-electron chi connectivity index (χ3n) is 2.65. The summed E-state index contributed by atoms with van der Waals surface area (Å²) in [5, 5.41) is 3.42. The van der Waals surface area contributed by atoms with Crippen LogP contribution in [0.4, 0.5) is 0 Å². The monoisotopic (exact) mass is 195 g/mol. The lowest BCUT2D eigenvalue weighted by Gasteiger charge is -2.26. The Morgan fingerprint density at radius 3 is 2.64 bits per heavy atom. The first kappa shape index (κ1) is 11.6. The third kappa shape index (κ3) is 3.32. The Morgan fingerprint density at radius 1 is 1.50 bits per heavy atom. The maximum atomic E-state index is 5.78. The van der Waals surface area contributed by atoms with Crippen LogP contribution >= 0.6 is 0 Å². The van der Waals surface area contributed by atoms with Gasteiger partial charge in [0.2, 0.25) is 0 Å². The van der Waals surface area contributed by atoms with Crippen LogP contribution in [-0.4, -0.2) is 25.3 Å². The molecule has 2 unspecified atom stereocenters. The minimum Gasteiger partial charge on any atom is -0.377 e. The average Bonchev–Trinajstić information content (AvgIpc) is 2.97. The predicted octanol–water partition coefficient (Wildman–Crippen LogP) is 1.80. The zero-order valence-electron chi connectivity index (χ0n) is 9.25. The van der Waals surface area contributed by atoms with Gasteiger partial charge in [0, 0.05) is 19.1 Å². The maximum absolute atomic E-state index is 5.78. The Kier molecular flexibility index (Phi) is 5.00. The molecule has 1 N–H and O–H groups in total. The van der Waals surface area contributed by atoms with Crippen molar-refractivity contribution in [1.82, 2.24) is 5.32 Å². The standard InChI is InChI=1S/C12H21NO/c1-4-7-11(13-5-2)12(14-6-3)10-8-9-10/h1,10-13H,5-9H2,2-3H3. The molecule has 1 saturated carbocycles. The van der Waals surface area contributed by atoms with Gasteiger partial charge < -0.3 is 10.1 Å². The number of rotatable bonds is 7. The van der Waals surface area contributed by atoms with Gasteiger partial charge in [0.1, 0.15) is 0 Å². The summed E-state index contributed by atoms with van der Waals surface area (Å²) < 4.78 is 5.78. The first-order valence-electron chi connectivity index (χ1n) is 5.61. The van der Waals surface area contributed by atoms with Crippen LogP contribution < -0.4 is 5.32 Å². The molecule has 14 heavy (non-hydrogen) atoms. The highest BCUT2D eigenvalue weighted by Gasteiger charge is 2.36. The molecule has 0 radical (unpaired) electrons. The highest BCUT2D eigenvalue weighted by molar-refractivity contribution is 4.97. The van der Waals surface area contributed by atoms with E-state index >= 15 is 0 Å². The molecule has 0 saturated heterocycles. The van der Waals surface area contributed by atoms with E-state index in [1.165, 1.54) is 12.8 Å². The second-order valence-electron chi connectivity index (χ2n) is 3.83. The molecule has 0 aromatic rings. The summed E-state index contributed by atoms with van der Waals surface area (Å²) in [5.41, 5.74) is 0. The van der Waals surface area contributed by atoms with Crippen molar-refractivity contribution in [3.05, 3.63) is 0 Å². The molecule has 1 aliphatic carbocycles. The molecule has 1 rings (SSSR count). The average molecular weight is 195 g/mol. The van der Waals surface area contributed by atoms with Crippen molar-refractivity contribution in [1.29, 1.82) is 0 Å². The summed E-state index contributed by atoms with van der Waals surface area (Å²) in [6.45, 7) is 5.91. The summed E-state index contributed by atoms with van der Waals surface area (Å²) >= 11 is 0. The van der Waals surface area contributed by atoms with E-state index in [0.717, 1.165) is 25.5 Å². The van der Waals surface area contributed by atoms with E-state index in [1.54, 1.807) is 0 Å². The van der Waals surface area contributed by atoms with Crippen molar-refractivity contribution in [2.24, 2.45) is 5.92 Å². The van der Waals surface area contributed by atoms with Crippen molar-refractivity contribution in [3.8, 4) is 12.3 Å². The number of ether oxygens (including phenoxy) is 1. The molecule has 2 nitrogen and oxygen atoms in total. The van der Waals surface area contributed by atoms with Gasteiger partial charge in [-0.15, -0.1) is 12.3 Å². The van der Waals surface area contributed by atoms with Gasteiger partial charge in [-0.25, -0.2) is 0 Å². The predicted molar refractivity (Wildman–Crippen MR) is 59.1 cm³/mol. The molecule has 0 aromatic carbocycles. The van der Waals surface area contributed by atoms with Gasteiger partial charge in [0.25, 0.3) is 0 Å². The molecule has 1 aliphatic rings. The minimum absolute atomic E-state index is 0.330. The van der Waals surface area contributed by atoms with Gasteiger partial charge in [-0.1, -0.05) is 6.92 Å². The van der Waals surface area contributed by atoms with Crippen LogP contribution in [0.1, 0.15) is 33.1 Å². The van der Waals surface area contributed by atoms with Gasteiger partial charge in [0.15, 0.2) is 0 Å². The molecular formula is C12H21NO. The second-order valence-corrected chi connectivity index (χ2v) is 3.83. The van der Waals surface area contributed by atoms with Gasteiger partial charge in [0.05, 0.1) is 6.10 Å². The summed E-state index contributed by atoms with van der Waals surface area (Å²) in [7, 11) is 0. The molecule has 1 fully saturated rings. The Balaban J connectivity index is 2.46. The highest BCUT2D eigenvalue weighted by atomic mass is 16.5. The maximum Gasteiger partial charge on any atom is 0.0765 e. The van der Waals surface area contributed by atoms with Gasteiger partial charge in [-0.3, -0.25) is 0 Å². The Labute approximate surface area is 87.4 Å². The van der Waals surface area contributed by atoms with Crippen LogP contribution in [0.5, 0.6) is 0 Å². The number of terminal acetylenes is 1. The van der Waals surface area contributed by atoms with Gasteiger partial charge >= 0.3 is 0 Å². The van der Waals surface area contributed by atoms with Crippen LogP contribution in [0, 0.1) is 18.3 Å². The molecule has 0 aromatic heterocycles. The van der Waals surface area contributed by atoms with Crippen molar-refractivity contribution in [2.45, 2.75) is 45.3 Å². The van der Waals surface area contributed by atoms with E-state index in [4.69, 9.17) is 11.2 Å². The molecule has 2 atom stereocenters. The summed E-state index contributed by atoms with van der Waals surface area (Å²) in [4.78, 5) is 0. The topological polar surface area (TPSA) is 21.3 Å². The van der Waals surface area contributed by atoms with Gasteiger partial charge in [-0.2, -0.15) is 0 Å². The van der Waals surface area contributed by atoms with E-state index in [0.29, 0.717) is 12.1 Å². The molecule has 0 spiro atoms. The second kappa shape index (κ2) is 6.06. The van der Waals surface area contributed by atoms with Gasteiger partial charge in [-0.05, 0) is 32.2 Å². The smallest absolute Gasteiger partial charge is 0.0765 e. The number of hydrogen-bond donors (Lipinski definition) is 1. The molecular weight excluding hydrogens is 174 g/mol. The van der Waals surface area contributed by atoms with Crippen LogP contribution in [0.3, 0.4) is 0 Å². The fraction of sp³-hybridized carbons (Fsp3) is 0.833. The molecule has 0 heterocycles. The normalized spacial score (nSPS) is 20.1. The first-order chi connectivity index (χ1) is 6.83. The van der Waals surface area contributed by atoms with E-state index in [1.807, 2.05) is 6.92 Å². The van der Waals surface area contributed by atoms with Crippen LogP contribution in [0.2, 0.25) is 0 Å². The van der Waals surface area contributed by atoms with Crippen molar-refractivity contribution < 1.29 is 4.74 Å². The molecule has 80 valence electrons. The van der Waals surface area contributed by atoms with E-state index < -0.39 is 0 Å². The van der Waals surface area contributed by atoms with Crippen molar-refractivity contribution in [3.63, 3.8) is 0 Å². The summed E-state index contributed by atoms with van der Waals surface area (Å²) in [5.74, 6) is 3.47. The number of nitrogens with one attached hydrogen (secondary N) is 1. The van der Waals surface area contributed by atoms with E-state index in [-0.39, 0.29) is 0 Å². The van der Waals surface area contributed by atoms with Crippen LogP contribution in [0.15, 0.2) is 0 Å². The number of likely N-dealkylation sites (N-methyl/N-ethyl adjacent to an activating group) is 1. The minimum atomic E-state index is 0.330. The Bertz CT molecular complexity index is 193. The lowest BCUT2D eigenvalue weighted by atomic mass is 10.0. The zero-order chi connectivity index (χ0) is 10.4. The Morgan fingerprint density at radius 2 is 2.21 bits per heavy atom. The SMILES string of the molecule is C#CCC(NCC)C(OCC)C1CC1.